The van der Waals surface area contributed by atoms with Crippen molar-refractivity contribution in [1.82, 2.24) is 15.5 Å². The van der Waals surface area contributed by atoms with Gasteiger partial charge in [0.15, 0.2) is 6.33 Å². The Balaban J connectivity index is 1.80. The summed E-state index contributed by atoms with van der Waals surface area (Å²) in [5.74, 6) is 0.359. The summed E-state index contributed by atoms with van der Waals surface area (Å²) >= 11 is 3.37. The van der Waals surface area contributed by atoms with Gasteiger partial charge in [0.05, 0.1) is 0 Å². The average molecular weight is 300 g/mol. The van der Waals surface area contributed by atoms with Crippen LogP contribution in [-0.2, 0) is 13.0 Å². The molecule has 0 aliphatic heterocycles. The minimum absolute atomic E-state index is 0.234. The molecule has 1 N–H and O–H groups in total. The number of nitrogens with one attached hydrogen (secondary N) is 1. The zero-order chi connectivity index (χ0) is 12.1. The van der Waals surface area contributed by atoms with Gasteiger partial charge >= 0.3 is 0 Å². The van der Waals surface area contributed by atoms with Crippen LogP contribution in [0.25, 0.3) is 0 Å². The van der Waals surface area contributed by atoms with Gasteiger partial charge in [-0.15, -0.1) is 0 Å². The number of benzene rings is 1. The molecule has 90 valence electrons. The Morgan fingerprint density at radius 3 is 3.06 bits per heavy atom. The number of halogens is 2. The van der Waals surface area contributed by atoms with E-state index in [0.717, 1.165) is 10.0 Å². The molecule has 0 fully saturated rings. The summed E-state index contributed by atoms with van der Waals surface area (Å²) in [6, 6.07) is 4.63. The van der Waals surface area contributed by atoms with Crippen molar-refractivity contribution in [1.29, 1.82) is 0 Å². The zero-order valence-corrected chi connectivity index (χ0v) is 10.6. The third kappa shape index (κ3) is 3.61. The molecule has 0 radical (unpaired) electrons. The molecule has 6 heteroatoms. The predicted molar refractivity (Wildman–Crippen MR) is 63.8 cm³/mol. The van der Waals surface area contributed by atoms with Crippen LogP contribution in [0.15, 0.2) is 33.5 Å². The Morgan fingerprint density at radius 2 is 2.29 bits per heavy atom. The minimum Gasteiger partial charge on any atom is -0.340 e. The summed E-state index contributed by atoms with van der Waals surface area (Å²) in [5, 5.41) is 6.70. The van der Waals surface area contributed by atoms with Crippen LogP contribution < -0.4 is 5.32 Å². The van der Waals surface area contributed by atoms with Crippen LogP contribution in [0.4, 0.5) is 4.39 Å². The maximum atomic E-state index is 13.0. The van der Waals surface area contributed by atoms with Crippen LogP contribution in [-0.4, -0.2) is 16.7 Å². The van der Waals surface area contributed by atoms with Gasteiger partial charge in [0.1, 0.15) is 5.82 Å². The summed E-state index contributed by atoms with van der Waals surface area (Å²) in [4.78, 5) is 3.91. The molecule has 1 aromatic carbocycles. The molecule has 0 saturated heterocycles. The van der Waals surface area contributed by atoms with Gasteiger partial charge in [-0.3, -0.25) is 0 Å². The van der Waals surface area contributed by atoms with Gasteiger partial charge < -0.3 is 9.84 Å². The molecule has 1 aromatic heterocycles. The van der Waals surface area contributed by atoms with Crippen molar-refractivity contribution in [3.05, 3.63) is 46.3 Å². The van der Waals surface area contributed by atoms with Crippen LogP contribution >= 0.6 is 15.9 Å². The third-order valence-corrected chi connectivity index (χ3v) is 3.02. The number of nitrogens with zero attached hydrogens (tertiary/aromatic N) is 2. The number of hydrogen-bond donors (Lipinski definition) is 1. The van der Waals surface area contributed by atoms with Crippen molar-refractivity contribution in [3.8, 4) is 0 Å². The van der Waals surface area contributed by atoms with Crippen molar-refractivity contribution in [2.45, 2.75) is 13.0 Å². The van der Waals surface area contributed by atoms with E-state index in [2.05, 4.69) is 31.4 Å². The monoisotopic (exact) mass is 299 g/mol. The highest BCUT2D eigenvalue weighted by Crippen LogP contribution is 2.17. The summed E-state index contributed by atoms with van der Waals surface area (Å²) in [6.45, 7) is 1.29. The number of rotatable bonds is 5. The topological polar surface area (TPSA) is 51.0 Å². The molecule has 0 spiro atoms. The van der Waals surface area contributed by atoms with E-state index in [9.17, 15) is 4.39 Å². The fourth-order valence-electron chi connectivity index (χ4n) is 1.40. The van der Waals surface area contributed by atoms with Crippen molar-refractivity contribution in [2.24, 2.45) is 0 Å². The Labute approximate surface area is 106 Å². The summed E-state index contributed by atoms with van der Waals surface area (Å²) in [6.07, 6.45) is 2.03. The second-order valence-corrected chi connectivity index (χ2v) is 4.35. The van der Waals surface area contributed by atoms with Gasteiger partial charge in [-0.2, -0.15) is 4.98 Å². The summed E-state index contributed by atoms with van der Waals surface area (Å²) in [5.41, 5.74) is 0.885. The van der Waals surface area contributed by atoms with Crippen molar-refractivity contribution >= 4 is 15.9 Å². The molecule has 0 aliphatic rings. The summed E-state index contributed by atoms with van der Waals surface area (Å²) < 4.78 is 18.7. The predicted octanol–water partition coefficient (Wildman–Crippen LogP) is 2.30. The minimum atomic E-state index is -0.234. The molecule has 4 nitrogen and oxygen atoms in total. The molecule has 2 aromatic rings. The molecule has 1 heterocycles. The lowest BCUT2D eigenvalue weighted by molar-refractivity contribution is 0.375. The van der Waals surface area contributed by atoms with Gasteiger partial charge in [0.25, 0.3) is 0 Å². The highest BCUT2D eigenvalue weighted by atomic mass is 79.9. The Morgan fingerprint density at radius 1 is 1.41 bits per heavy atom. The third-order valence-electron chi connectivity index (χ3n) is 2.25. The fraction of sp³-hybridized carbons (Fsp3) is 0.273. The van der Waals surface area contributed by atoms with E-state index >= 15 is 0 Å². The van der Waals surface area contributed by atoms with Crippen molar-refractivity contribution in [2.75, 3.05) is 6.54 Å². The van der Waals surface area contributed by atoms with Crippen LogP contribution in [0, 0.1) is 5.82 Å². The van der Waals surface area contributed by atoms with Crippen LogP contribution in [0.3, 0.4) is 0 Å². The summed E-state index contributed by atoms with van der Waals surface area (Å²) in [7, 11) is 0. The van der Waals surface area contributed by atoms with Gasteiger partial charge in [-0.1, -0.05) is 21.1 Å². The molecular weight excluding hydrogens is 289 g/mol. The maximum Gasteiger partial charge on any atom is 0.227 e. The van der Waals surface area contributed by atoms with E-state index in [4.69, 9.17) is 4.52 Å². The second-order valence-electron chi connectivity index (χ2n) is 3.50. The molecular formula is C11H11BrFN3O. The molecule has 0 amide bonds. The molecule has 0 aliphatic carbocycles. The Hall–Kier alpha value is -1.27. The first-order valence-electron chi connectivity index (χ1n) is 5.16. The second kappa shape index (κ2) is 5.88. The average Bonchev–Trinajstić information content (AvgIpc) is 2.82. The van der Waals surface area contributed by atoms with Crippen molar-refractivity contribution < 1.29 is 8.91 Å². The fourth-order valence-corrected chi connectivity index (χ4v) is 1.79. The van der Waals surface area contributed by atoms with Crippen LogP contribution in [0.5, 0.6) is 0 Å². The lowest BCUT2D eigenvalue weighted by atomic mass is 10.2. The van der Waals surface area contributed by atoms with E-state index in [0.29, 0.717) is 25.4 Å². The van der Waals surface area contributed by atoms with Gasteiger partial charge in [-0.05, 0) is 23.8 Å². The molecule has 2 rings (SSSR count). The van der Waals surface area contributed by atoms with E-state index in [-0.39, 0.29) is 5.82 Å². The van der Waals surface area contributed by atoms with E-state index in [1.165, 1.54) is 18.5 Å². The lowest BCUT2D eigenvalue weighted by Gasteiger charge is -2.05. The highest BCUT2D eigenvalue weighted by molar-refractivity contribution is 9.10. The van der Waals surface area contributed by atoms with Crippen LogP contribution in [0.2, 0.25) is 0 Å². The quantitative estimate of drug-likeness (QED) is 0.861. The Bertz CT molecular complexity index is 476. The van der Waals surface area contributed by atoms with E-state index < -0.39 is 0 Å². The van der Waals surface area contributed by atoms with Crippen LogP contribution in [0.1, 0.15) is 11.5 Å². The normalized spacial score (nSPS) is 10.7. The molecule has 0 atom stereocenters. The largest absolute Gasteiger partial charge is 0.340 e. The number of aromatic nitrogens is 2. The van der Waals surface area contributed by atoms with Crippen molar-refractivity contribution in [3.63, 3.8) is 0 Å². The first-order chi connectivity index (χ1) is 8.25. The number of hydrogen-bond acceptors (Lipinski definition) is 4. The maximum absolute atomic E-state index is 13.0. The first-order valence-corrected chi connectivity index (χ1v) is 5.95. The highest BCUT2D eigenvalue weighted by Gasteiger charge is 2.02. The van der Waals surface area contributed by atoms with E-state index in [1.807, 2.05) is 0 Å². The van der Waals surface area contributed by atoms with Gasteiger partial charge in [0, 0.05) is 24.0 Å². The Kier molecular flexibility index (Phi) is 4.22. The molecule has 0 unspecified atom stereocenters. The van der Waals surface area contributed by atoms with Gasteiger partial charge in [0.2, 0.25) is 5.89 Å². The van der Waals surface area contributed by atoms with E-state index in [1.54, 1.807) is 6.07 Å². The van der Waals surface area contributed by atoms with Gasteiger partial charge in [-0.25, -0.2) is 4.39 Å². The standard InChI is InChI=1S/C11H11BrFN3O/c12-10-2-1-9(13)5-8(10)6-14-4-3-11-15-7-16-17-11/h1-2,5,7,14H,3-4,6H2. The zero-order valence-electron chi connectivity index (χ0n) is 8.99. The SMILES string of the molecule is Fc1ccc(Br)c(CNCCc2ncno2)c1. The molecule has 17 heavy (non-hydrogen) atoms. The molecule has 0 bridgehead atoms. The smallest absolute Gasteiger partial charge is 0.227 e. The molecule has 0 saturated carbocycles. The lowest BCUT2D eigenvalue weighted by Crippen LogP contribution is -2.17. The first kappa shape index (κ1) is 12.2.